The fraction of sp³-hybridized carbons (Fsp3) is 0.280. The van der Waals surface area contributed by atoms with E-state index >= 15 is 0 Å². The first-order valence-electron chi connectivity index (χ1n) is 10.3. The lowest BCUT2D eigenvalue weighted by molar-refractivity contribution is -0.134. The predicted molar refractivity (Wildman–Crippen MR) is 120 cm³/mol. The Morgan fingerprint density at radius 2 is 1.94 bits per heavy atom. The van der Waals surface area contributed by atoms with Crippen LogP contribution in [0.25, 0.3) is 22.4 Å². The standard InChI is InChI=1S/C25H26N4O2/c1-18(2)14-24(25(30)29-11-10-26)31-17-21-9-8-20(23-16-27-12-13-28-23)15-22(21)19-6-4-3-5-7-19/h3-9,12-13,15-16,18,24H,11,14,17H2,1-2H3,(H,29,30)/t24-/m0/s1. The first-order valence-corrected chi connectivity index (χ1v) is 10.3. The maximum Gasteiger partial charge on any atom is 0.249 e. The fourth-order valence-electron chi connectivity index (χ4n) is 3.31. The van der Waals surface area contributed by atoms with Crippen LogP contribution >= 0.6 is 0 Å². The number of benzene rings is 2. The summed E-state index contributed by atoms with van der Waals surface area (Å²) in [5.41, 5.74) is 4.80. The zero-order valence-electron chi connectivity index (χ0n) is 17.8. The van der Waals surface area contributed by atoms with Crippen LogP contribution in [0.1, 0.15) is 25.8 Å². The van der Waals surface area contributed by atoms with Crippen molar-refractivity contribution >= 4 is 5.91 Å². The van der Waals surface area contributed by atoms with E-state index in [9.17, 15) is 4.79 Å². The third-order valence-corrected chi connectivity index (χ3v) is 4.81. The molecule has 0 fully saturated rings. The van der Waals surface area contributed by atoms with Gasteiger partial charge in [-0.2, -0.15) is 5.26 Å². The molecule has 0 unspecified atom stereocenters. The van der Waals surface area contributed by atoms with Crippen LogP contribution in [0, 0.1) is 17.2 Å². The molecule has 0 radical (unpaired) electrons. The second-order valence-corrected chi connectivity index (χ2v) is 7.63. The van der Waals surface area contributed by atoms with Crippen molar-refractivity contribution in [3.63, 3.8) is 0 Å². The minimum atomic E-state index is -0.614. The first-order chi connectivity index (χ1) is 15.1. The molecule has 1 heterocycles. The average Bonchev–Trinajstić information content (AvgIpc) is 2.81. The molecule has 31 heavy (non-hydrogen) atoms. The summed E-state index contributed by atoms with van der Waals surface area (Å²) in [5, 5.41) is 11.4. The number of hydrogen-bond acceptors (Lipinski definition) is 5. The average molecular weight is 415 g/mol. The molecule has 3 aromatic rings. The number of ether oxygens (including phenoxy) is 1. The summed E-state index contributed by atoms with van der Waals surface area (Å²) in [7, 11) is 0. The molecule has 0 bridgehead atoms. The molecule has 0 aliphatic heterocycles. The lowest BCUT2D eigenvalue weighted by Crippen LogP contribution is -2.37. The van der Waals surface area contributed by atoms with Crippen LogP contribution in [-0.4, -0.2) is 28.5 Å². The quantitative estimate of drug-likeness (QED) is 0.525. The second-order valence-electron chi connectivity index (χ2n) is 7.63. The third kappa shape index (κ3) is 6.21. The van der Waals surface area contributed by atoms with Crippen molar-refractivity contribution in [3.05, 3.63) is 72.7 Å². The molecule has 1 atom stereocenters. The zero-order valence-corrected chi connectivity index (χ0v) is 17.8. The number of nitrogens with one attached hydrogen (secondary N) is 1. The van der Waals surface area contributed by atoms with Gasteiger partial charge in [0.1, 0.15) is 12.6 Å². The Labute approximate surface area is 182 Å². The molecule has 1 N–H and O–H groups in total. The normalized spacial score (nSPS) is 11.7. The Balaban J connectivity index is 1.88. The van der Waals surface area contributed by atoms with Gasteiger partial charge in [-0.1, -0.05) is 56.3 Å². The van der Waals surface area contributed by atoms with Gasteiger partial charge in [-0.25, -0.2) is 0 Å². The minimum Gasteiger partial charge on any atom is -0.364 e. The lowest BCUT2D eigenvalue weighted by Gasteiger charge is -2.20. The van der Waals surface area contributed by atoms with E-state index in [1.54, 1.807) is 18.6 Å². The molecule has 0 saturated carbocycles. The molecule has 0 aliphatic carbocycles. The van der Waals surface area contributed by atoms with Gasteiger partial charge < -0.3 is 10.1 Å². The maximum absolute atomic E-state index is 12.5. The number of hydrogen-bond donors (Lipinski definition) is 1. The minimum absolute atomic E-state index is 0.0289. The van der Waals surface area contributed by atoms with Crippen molar-refractivity contribution in [1.82, 2.24) is 15.3 Å². The summed E-state index contributed by atoms with van der Waals surface area (Å²) in [5.74, 6) is 0.0261. The summed E-state index contributed by atoms with van der Waals surface area (Å²) in [6, 6.07) is 18.1. The van der Waals surface area contributed by atoms with Crippen LogP contribution in [0.2, 0.25) is 0 Å². The van der Waals surface area contributed by atoms with Gasteiger partial charge in [0.2, 0.25) is 5.91 Å². The number of nitriles is 1. The van der Waals surface area contributed by atoms with Gasteiger partial charge in [0.15, 0.2) is 0 Å². The molecule has 0 saturated heterocycles. The number of carbonyl (C=O) groups is 1. The van der Waals surface area contributed by atoms with Gasteiger partial charge in [-0.15, -0.1) is 0 Å². The van der Waals surface area contributed by atoms with Gasteiger partial charge in [0.25, 0.3) is 0 Å². The summed E-state index contributed by atoms with van der Waals surface area (Å²) in [4.78, 5) is 21.0. The van der Waals surface area contributed by atoms with E-state index in [4.69, 9.17) is 10.00 Å². The van der Waals surface area contributed by atoms with Gasteiger partial charge in [-0.05, 0) is 35.1 Å². The van der Waals surface area contributed by atoms with Crippen LogP contribution in [0.3, 0.4) is 0 Å². The highest BCUT2D eigenvalue weighted by atomic mass is 16.5. The van der Waals surface area contributed by atoms with Crippen molar-refractivity contribution in [3.8, 4) is 28.5 Å². The van der Waals surface area contributed by atoms with Crippen LogP contribution in [0.15, 0.2) is 67.1 Å². The van der Waals surface area contributed by atoms with Crippen molar-refractivity contribution in [2.75, 3.05) is 6.54 Å². The molecule has 0 spiro atoms. The number of carbonyl (C=O) groups excluding carboxylic acids is 1. The fourth-order valence-corrected chi connectivity index (χ4v) is 3.31. The number of rotatable bonds is 9. The lowest BCUT2D eigenvalue weighted by atomic mass is 9.96. The third-order valence-electron chi connectivity index (χ3n) is 4.81. The van der Waals surface area contributed by atoms with Crippen molar-refractivity contribution < 1.29 is 9.53 Å². The Kier molecular flexibility index (Phi) is 7.85. The molecule has 158 valence electrons. The van der Waals surface area contributed by atoms with Crippen molar-refractivity contribution in [2.24, 2.45) is 5.92 Å². The molecule has 2 aromatic carbocycles. The zero-order chi connectivity index (χ0) is 22.1. The SMILES string of the molecule is CC(C)C[C@H](OCc1ccc(-c2cnccn2)cc1-c1ccccc1)C(=O)NCC#N. The number of aromatic nitrogens is 2. The van der Waals surface area contributed by atoms with E-state index < -0.39 is 6.10 Å². The highest BCUT2D eigenvalue weighted by Gasteiger charge is 2.21. The van der Waals surface area contributed by atoms with Crippen LogP contribution in [0.4, 0.5) is 0 Å². The summed E-state index contributed by atoms with van der Waals surface area (Å²) < 4.78 is 6.06. The van der Waals surface area contributed by atoms with E-state index in [0.717, 1.165) is 27.9 Å². The van der Waals surface area contributed by atoms with Crippen molar-refractivity contribution in [2.45, 2.75) is 33.0 Å². The summed E-state index contributed by atoms with van der Waals surface area (Å²) in [6.07, 6.45) is 5.02. The monoisotopic (exact) mass is 414 g/mol. The molecule has 6 heteroatoms. The van der Waals surface area contributed by atoms with Gasteiger partial charge in [0.05, 0.1) is 24.6 Å². The molecule has 0 aliphatic rings. The summed E-state index contributed by atoms with van der Waals surface area (Å²) in [6.45, 7) is 4.33. The number of nitrogens with zero attached hydrogens (tertiary/aromatic N) is 3. The molecule has 1 aromatic heterocycles. The van der Waals surface area contributed by atoms with Crippen LogP contribution < -0.4 is 5.32 Å². The number of amides is 1. The maximum atomic E-state index is 12.5. The Morgan fingerprint density at radius 3 is 2.61 bits per heavy atom. The Hall–Kier alpha value is -3.56. The highest BCUT2D eigenvalue weighted by molar-refractivity contribution is 5.81. The van der Waals surface area contributed by atoms with E-state index in [1.165, 1.54) is 0 Å². The first kappa shape index (κ1) is 22.1. The van der Waals surface area contributed by atoms with Crippen LogP contribution in [-0.2, 0) is 16.1 Å². The molecular formula is C25H26N4O2. The largest absolute Gasteiger partial charge is 0.364 e. The molecular weight excluding hydrogens is 388 g/mol. The van der Waals surface area contributed by atoms with Gasteiger partial charge >= 0.3 is 0 Å². The highest BCUT2D eigenvalue weighted by Crippen LogP contribution is 2.29. The van der Waals surface area contributed by atoms with Gasteiger partial charge in [-0.3, -0.25) is 14.8 Å². The molecule has 6 nitrogen and oxygen atoms in total. The second kappa shape index (κ2) is 11.0. The van der Waals surface area contributed by atoms with E-state index in [2.05, 4.69) is 21.4 Å². The van der Waals surface area contributed by atoms with Crippen LogP contribution in [0.5, 0.6) is 0 Å². The molecule has 3 rings (SSSR count). The predicted octanol–water partition coefficient (Wildman–Crippen LogP) is 4.38. The Bertz CT molecular complexity index is 1030. The summed E-state index contributed by atoms with van der Waals surface area (Å²) >= 11 is 0. The topological polar surface area (TPSA) is 87.9 Å². The van der Waals surface area contributed by atoms with Crippen molar-refractivity contribution in [1.29, 1.82) is 5.26 Å². The smallest absolute Gasteiger partial charge is 0.249 e. The van der Waals surface area contributed by atoms with Gasteiger partial charge in [0, 0.05) is 18.0 Å². The Morgan fingerprint density at radius 1 is 1.13 bits per heavy atom. The van der Waals surface area contributed by atoms with E-state index in [-0.39, 0.29) is 25.0 Å². The van der Waals surface area contributed by atoms with E-state index in [0.29, 0.717) is 6.42 Å². The van der Waals surface area contributed by atoms with E-state index in [1.807, 2.05) is 62.4 Å². The molecule has 1 amide bonds.